The minimum Gasteiger partial charge on any atom is -0.474 e. The number of hydrogen-bond donors (Lipinski definition) is 2. The van der Waals surface area contributed by atoms with E-state index in [0.717, 1.165) is 82.7 Å². The third-order valence-corrected chi connectivity index (χ3v) is 8.94. The second-order valence-corrected chi connectivity index (χ2v) is 13.3. The van der Waals surface area contributed by atoms with Gasteiger partial charge in [0, 0.05) is 57.9 Å². The molecule has 3 aromatic rings. The molecular formula is C29H40FN9O4S. The second-order valence-electron chi connectivity index (χ2n) is 11.6. The van der Waals surface area contributed by atoms with E-state index in [9.17, 15) is 12.8 Å². The van der Waals surface area contributed by atoms with E-state index in [0.29, 0.717) is 48.2 Å². The van der Waals surface area contributed by atoms with Crippen LogP contribution in [0.25, 0.3) is 10.9 Å². The van der Waals surface area contributed by atoms with Crippen molar-refractivity contribution in [1.82, 2.24) is 24.8 Å². The second kappa shape index (κ2) is 13.6. The fraction of sp³-hybridized carbons (Fsp3) is 0.586. The minimum absolute atomic E-state index is 0.0467. The molecule has 3 fully saturated rings. The third-order valence-electron chi connectivity index (χ3n) is 8.33. The van der Waals surface area contributed by atoms with Crippen LogP contribution in [0.5, 0.6) is 5.88 Å². The quantitative estimate of drug-likeness (QED) is 0.341. The summed E-state index contributed by atoms with van der Waals surface area (Å²) >= 11 is 0. The molecule has 5 heterocycles. The van der Waals surface area contributed by atoms with Gasteiger partial charge in [-0.3, -0.25) is 14.6 Å². The van der Waals surface area contributed by atoms with Gasteiger partial charge in [0.05, 0.1) is 60.3 Å². The maximum atomic E-state index is 12.6. The highest BCUT2D eigenvalue weighted by atomic mass is 32.2. The van der Waals surface area contributed by atoms with E-state index in [4.69, 9.17) is 14.5 Å². The summed E-state index contributed by atoms with van der Waals surface area (Å²) in [6.45, 7) is 6.25. The Balaban J connectivity index is 1.09. The SMILES string of the molecule is CS(=O)(=O)Nc1cnc2cc(N3CCOCC3)nc(OC3CCC(Nc4ncc(N5CCN(CCF)CC5)cn4)CC3)c2c1. The number of fused-ring (bicyclic) bond motifs is 1. The van der Waals surface area contributed by atoms with Crippen LogP contribution in [-0.4, -0.2) is 117 Å². The summed E-state index contributed by atoms with van der Waals surface area (Å²) < 4.78 is 50.9. The molecule has 1 aliphatic carbocycles. The number of rotatable bonds is 10. The first-order valence-electron chi connectivity index (χ1n) is 15.2. The highest BCUT2D eigenvalue weighted by molar-refractivity contribution is 7.92. The van der Waals surface area contributed by atoms with E-state index >= 15 is 0 Å². The summed E-state index contributed by atoms with van der Waals surface area (Å²) in [7, 11) is -3.46. The molecule has 0 aromatic carbocycles. The van der Waals surface area contributed by atoms with Crippen LogP contribution in [-0.2, 0) is 14.8 Å². The van der Waals surface area contributed by atoms with Crippen LogP contribution < -0.4 is 24.6 Å². The molecule has 2 aliphatic heterocycles. The lowest BCUT2D eigenvalue weighted by Crippen LogP contribution is -2.47. The normalized spacial score (nSPS) is 21.8. The van der Waals surface area contributed by atoms with Crippen molar-refractivity contribution in [3.63, 3.8) is 0 Å². The summed E-state index contributed by atoms with van der Waals surface area (Å²) in [5, 5.41) is 4.14. The molecule has 1 saturated carbocycles. The van der Waals surface area contributed by atoms with E-state index in [1.54, 1.807) is 6.07 Å². The summed E-state index contributed by atoms with van der Waals surface area (Å²) in [6.07, 6.45) is 9.68. The van der Waals surface area contributed by atoms with Crippen LogP contribution in [0.2, 0.25) is 0 Å². The first-order valence-corrected chi connectivity index (χ1v) is 17.1. The minimum atomic E-state index is -3.46. The molecule has 3 aromatic heterocycles. The molecule has 0 radical (unpaired) electrons. The largest absolute Gasteiger partial charge is 0.474 e. The standard InChI is InChI=1S/C29H40FN9O4S/c1-44(40,41)36-22-16-25-26(31-18-22)17-27(39-12-14-42-15-13-39)35-28(25)43-24-4-2-21(3-5-24)34-29-32-19-23(20-33-29)38-10-8-37(7-6-30)9-11-38/h16-21,24,36H,2-15H2,1H3,(H,32,33,34). The molecule has 2 N–H and O–H groups in total. The zero-order chi connectivity index (χ0) is 30.5. The first kappa shape index (κ1) is 30.5. The number of alkyl halides is 1. The van der Waals surface area contributed by atoms with Gasteiger partial charge in [0.1, 0.15) is 18.6 Å². The van der Waals surface area contributed by atoms with Gasteiger partial charge in [-0.1, -0.05) is 0 Å². The number of piperazine rings is 1. The van der Waals surface area contributed by atoms with E-state index in [1.807, 2.05) is 18.5 Å². The molecule has 0 atom stereocenters. The van der Waals surface area contributed by atoms with Crippen LogP contribution in [0, 0.1) is 0 Å². The Kier molecular flexibility index (Phi) is 9.42. The van der Waals surface area contributed by atoms with Crippen molar-refractivity contribution in [1.29, 1.82) is 0 Å². The monoisotopic (exact) mass is 629 g/mol. The zero-order valence-corrected chi connectivity index (χ0v) is 25.8. The van der Waals surface area contributed by atoms with E-state index in [2.05, 4.69) is 39.7 Å². The summed E-state index contributed by atoms with van der Waals surface area (Å²) in [5.74, 6) is 1.83. The van der Waals surface area contributed by atoms with Crippen LogP contribution in [0.15, 0.2) is 30.7 Å². The van der Waals surface area contributed by atoms with Gasteiger partial charge in [-0.05, 0) is 31.7 Å². The van der Waals surface area contributed by atoms with Gasteiger partial charge < -0.3 is 24.6 Å². The van der Waals surface area contributed by atoms with E-state index < -0.39 is 10.0 Å². The summed E-state index contributed by atoms with van der Waals surface area (Å²) in [4.78, 5) is 25.1. The smallest absolute Gasteiger partial charge is 0.229 e. The molecule has 44 heavy (non-hydrogen) atoms. The van der Waals surface area contributed by atoms with Gasteiger partial charge in [0.25, 0.3) is 0 Å². The van der Waals surface area contributed by atoms with Gasteiger partial charge in [-0.25, -0.2) is 22.8 Å². The number of nitrogens with one attached hydrogen (secondary N) is 2. The highest BCUT2D eigenvalue weighted by Gasteiger charge is 2.26. The molecule has 238 valence electrons. The van der Waals surface area contributed by atoms with Crippen LogP contribution >= 0.6 is 0 Å². The zero-order valence-electron chi connectivity index (χ0n) is 25.0. The first-order chi connectivity index (χ1) is 21.3. The van der Waals surface area contributed by atoms with Gasteiger partial charge in [0.2, 0.25) is 21.9 Å². The lowest BCUT2D eigenvalue weighted by Gasteiger charge is -2.35. The molecule has 2 saturated heterocycles. The van der Waals surface area contributed by atoms with E-state index in [1.165, 1.54) is 6.20 Å². The maximum Gasteiger partial charge on any atom is 0.229 e. The Hall–Kier alpha value is -3.56. The van der Waals surface area contributed by atoms with E-state index in [-0.39, 0.29) is 18.8 Å². The van der Waals surface area contributed by atoms with Crippen LogP contribution in [0.1, 0.15) is 25.7 Å². The molecule has 15 heteroatoms. The molecule has 0 amide bonds. The number of halogens is 1. The molecule has 13 nitrogen and oxygen atoms in total. The number of sulfonamides is 1. The molecule has 0 unspecified atom stereocenters. The van der Waals surface area contributed by atoms with Crippen molar-refractivity contribution in [3.8, 4) is 5.88 Å². The number of nitrogens with zero attached hydrogens (tertiary/aromatic N) is 7. The molecule has 0 bridgehead atoms. The fourth-order valence-electron chi connectivity index (χ4n) is 5.97. The number of morpholine rings is 1. The maximum absolute atomic E-state index is 12.6. The highest BCUT2D eigenvalue weighted by Crippen LogP contribution is 2.33. The van der Waals surface area contributed by atoms with Gasteiger partial charge >= 0.3 is 0 Å². The van der Waals surface area contributed by atoms with Gasteiger partial charge in [-0.2, -0.15) is 4.98 Å². The lowest BCUT2D eigenvalue weighted by atomic mass is 9.93. The van der Waals surface area contributed by atoms with Crippen molar-refractivity contribution in [2.75, 3.05) is 91.8 Å². The molecular weight excluding hydrogens is 589 g/mol. The lowest BCUT2D eigenvalue weighted by molar-refractivity contribution is 0.122. The molecule has 6 rings (SSSR count). The Bertz CT molecular complexity index is 1510. The molecule has 0 spiro atoms. The Morgan fingerprint density at radius 2 is 1.68 bits per heavy atom. The Morgan fingerprint density at radius 3 is 2.36 bits per heavy atom. The van der Waals surface area contributed by atoms with Crippen molar-refractivity contribution in [2.24, 2.45) is 0 Å². The number of ether oxygens (including phenoxy) is 2. The van der Waals surface area contributed by atoms with Crippen molar-refractivity contribution in [3.05, 3.63) is 30.7 Å². The van der Waals surface area contributed by atoms with Crippen LogP contribution in [0.4, 0.5) is 27.5 Å². The number of hydrogen-bond acceptors (Lipinski definition) is 12. The van der Waals surface area contributed by atoms with Gasteiger partial charge in [-0.15, -0.1) is 0 Å². The topological polar surface area (TPSA) is 138 Å². The third kappa shape index (κ3) is 7.74. The average Bonchev–Trinajstić information content (AvgIpc) is 3.03. The number of anilines is 4. The Labute approximate surface area is 257 Å². The van der Waals surface area contributed by atoms with Crippen molar-refractivity contribution >= 4 is 44.1 Å². The number of pyridine rings is 2. The fourth-order valence-corrected chi connectivity index (χ4v) is 6.51. The number of aromatic nitrogens is 4. The average molecular weight is 630 g/mol. The summed E-state index contributed by atoms with van der Waals surface area (Å²) in [5.41, 5.74) is 2.04. The Morgan fingerprint density at radius 1 is 0.955 bits per heavy atom. The van der Waals surface area contributed by atoms with Crippen molar-refractivity contribution in [2.45, 2.75) is 37.8 Å². The van der Waals surface area contributed by atoms with Crippen molar-refractivity contribution < 1.29 is 22.3 Å². The summed E-state index contributed by atoms with van der Waals surface area (Å²) in [6, 6.07) is 3.87. The van der Waals surface area contributed by atoms with Gasteiger partial charge in [0.15, 0.2) is 0 Å². The molecule has 3 aliphatic rings. The van der Waals surface area contributed by atoms with Crippen LogP contribution in [0.3, 0.4) is 0 Å². The predicted octanol–water partition coefficient (Wildman–Crippen LogP) is 2.52. The predicted molar refractivity (Wildman–Crippen MR) is 168 cm³/mol.